The summed E-state index contributed by atoms with van der Waals surface area (Å²) < 4.78 is 0. The van der Waals surface area contributed by atoms with Crippen LogP contribution >= 0.6 is 0 Å². The molecule has 0 aliphatic heterocycles. The van der Waals surface area contributed by atoms with Gasteiger partial charge >= 0.3 is 0 Å². The smallest absolute Gasteiger partial charge is 0.185 e. The standard InChI is InChI=1S/C15H10N4/c16-6-14(7-17)12-4-5-13(15(14,8-18)9-19)11-3-1-2-10(11)12/h2,4-5,11-13H,1,3H2/t11-,12-,13-/m0/s1. The lowest BCUT2D eigenvalue weighted by Gasteiger charge is -2.52. The molecule has 0 aromatic rings. The fourth-order valence-electron chi connectivity index (χ4n) is 4.01. The van der Waals surface area contributed by atoms with Crippen molar-refractivity contribution in [3.8, 4) is 24.3 Å². The summed E-state index contributed by atoms with van der Waals surface area (Å²) in [5, 5.41) is 38.2. The zero-order valence-electron chi connectivity index (χ0n) is 10.2. The maximum absolute atomic E-state index is 9.55. The van der Waals surface area contributed by atoms with Crippen molar-refractivity contribution in [2.75, 3.05) is 0 Å². The first kappa shape index (κ1) is 11.5. The molecule has 0 heterocycles. The second-order valence-electron chi connectivity index (χ2n) is 5.34. The summed E-state index contributed by atoms with van der Waals surface area (Å²) >= 11 is 0. The van der Waals surface area contributed by atoms with E-state index in [0.717, 1.165) is 18.4 Å². The van der Waals surface area contributed by atoms with E-state index in [2.05, 4.69) is 6.08 Å². The molecule has 4 aliphatic carbocycles. The molecule has 0 radical (unpaired) electrons. The maximum atomic E-state index is 9.55. The number of allylic oxidation sites excluding steroid dienone is 4. The van der Waals surface area contributed by atoms with Crippen molar-refractivity contribution in [1.82, 2.24) is 0 Å². The molecule has 1 fully saturated rings. The van der Waals surface area contributed by atoms with E-state index in [4.69, 9.17) is 0 Å². The van der Waals surface area contributed by atoms with Gasteiger partial charge in [-0.2, -0.15) is 21.0 Å². The first-order valence-electron chi connectivity index (χ1n) is 6.24. The van der Waals surface area contributed by atoms with Crippen molar-refractivity contribution < 1.29 is 0 Å². The van der Waals surface area contributed by atoms with Gasteiger partial charge in [0.25, 0.3) is 0 Å². The van der Waals surface area contributed by atoms with Gasteiger partial charge in [0.15, 0.2) is 10.8 Å². The summed E-state index contributed by atoms with van der Waals surface area (Å²) in [4.78, 5) is 0. The molecule has 0 unspecified atom stereocenters. The SMILES string of the molecule is N#CC1(C#N)[C@H]2C=C[C@@H]([C@H]3CCC=C32)C1(C#N)C#N. The van der Waals surface area contributed by atoms with Crippen LogP contribution in [-0.4, -0.2) is 0 Å². The quantitative estimate of drug-likeness (QED) is 0.612. The highest BCUT2D eigenvalue weighted by atomic mass is 14.7. The fourth-order valence-corrected chi connectivity index (χ4v) is 4.01. The van der Waals surface area contributed by atoms with E-state index in [1.807, 2.05) is 36.4 Å². The van der Waals surface area contributed by atoms with Crippen LogP contribution in [0.4, 0.5) is 0 Å². The summed E-state index contributed by atoms with van der Waals surface area (Å²) in [6.45, 7) is 0. The van der Waals surface area contributed by atoms with Gasteiger partial charge in [0.1, 0.15) is 0 Å². The first-order valence-corrected chi connectivity index (χ1v) is 6.24. The van der Waals surface area contributed by atoms with Crippen molar-refractivity contribution in [2.45, 2.75) is 12.8 Å². The monoisotopic (exact) mass is 246 g/mol. The molecule has 19 heavy (non-hydrogen) atoms. The predicted molar refractivity (Wildman–Crippen MR) is 64.2 cm³/mol. The summed E-state index contributed by atoms with van der Waals surface area (Å²) in [6, 6.07) is 8.05. The predicted octanol–water partition coefficient (Wildman–Crippen LogP) is 2.21. The second kappa shape index (κ2) is 3.47. The molecule has 4 nitrogen and oxygen atoms in total. The highest BCUT2D eigenvalue weighted by Crippen LogP contribution is 2.65. The van der Waals surface area contributed by atoms with E-state index in [-0.39, 0.29) is 11.8 Å². The van der Waals surface area contributed by atoms with Gasteiger partial charge in [-0.1, -0.05) is 23.8 Å². The molecule has 0 spiro atoms. The van der Waals surface area contributed by atoms with E-state index in [1.165, 1.54) is 0 Å². The molecule has 4 aliphatic rings. The molecule has 0 amide bonds. The molecule has 0 saturated heterocycles. The van der Waals surface area contributed by atoms with Crippen LogP contribution in [0.3, 0.4) is 0 Å². The van der Waals surface area contributed by atoms with Gasteiger partial charge in [-0.3, -0.25) is 0 Å². The molecular formula is C15H10N4. The highest BCUT2D eigenvalue weighted by molar-refractivity contribution is 5.51. The Balaban J connectivity index is 2.35. The minimum Gasteiger partial charge on any atom is -0.196 e. The molecule has 90 valence electrons. The topological polar surface area (TPSA) is 95.2 Å². The Morgan fingerprint density at radius 2 is 1.58 bits per heavy atom. The third-order valence-corrected chi connectivity index (χ3v) is 4.88. The Labute approximate surface area is 111 Å². The minimum atomic E-state index is -1.58. The number of rotatable bonds is 0. The van der Waals surface area contributed by atoms with Crippen LogP contribution in [0, 0.1) is 73.9 Å². The van der Waals surface area contributed by atoms with Crippen molar-refractivity contribution >= 4 is 0 Å². The third kappa shape index (κ3) is 0.977. The van der Waals surface area contributed by atoms with Gasteiger partial charge in [-0.05, 0) is 18.8 Å². The summed E-state index contributed by atoms with van der Waals surface area (Å²) in [5.74, 6) is -0.621. The van der Waals surface area contributed by atoms with Gasteiger partial charge in [0.2, 0.25) is 0 Å². The number of hydrogen-bond donors (Lipinski definition) is 0. The Kier molecular flexibility index (Phi) is 2.11. The van der Waals surface area contributed by atoms with Crippen molar-refractivity contribution in [3.05, 3.63) is 23.8 Å². The molecule has 0 N–H and O–H groups in total. The van der Waals surface area contributed by atoms with Crippen LogP contribution in [0.1, 0.15) is 12.8 Å². The molecule has 4 rings (SSSR count). The van der Waals surface area contributed by atoms with Crippen molar-refractivity contribution in [1.29, 1.82) is 21.0 Å². The number of nitriles is 4. The molecule has 0 aromatic carbocycles. The summed E-state index contributed by atoms with van der Waals surface area (Å²) in [5.41, 5.74) is -2.05. The van der Waals surface area contributed by atoms with Crippen LogP contribution in [0.25, 0.3) is 0 Å². The maximum Gasteiger partial charge on any atom is 0.185 e. The Morgan fingerprint density at radius 1 is 0.947 bits per heavy atom. The normalized spacial score (nSPS) is 35.2. The molecule has 3 atom stereocenters. The molecular weight excluding hydrogens is 236 g/mol. The van der Waals surface area contributed by atoms with Gasteiger partial charge in [-0.25, -0.2) is 0 Å². The lowest BCUT2D eigenvalue weighted by atomic mass is 9.43. The van der Waals surface area contributed by atoms with Crippen LogP contribution in [0.5, 0.6) is 0 Å². The highest BCUT2D eigenvalue weighted by Gasteiger charge is 2.70. The molecule has 2 bridgehead atoms. The van der Waals surface area contributed by atoms with Crippen molar-refractivity contribution in [2.24, 2.45) is 28.6 Å². The Bertz CT molecular complexity index is 643. The lowest BCUT2D eigenvalue weighted by Crippen LogP contribution is -2.57. The number of fused-ring (bicyclic) bond motifs is 1. The zero-order valence-corrected chi connectivity index (χ0v) is 10.2. The van der Waals surface area contributed by atoms with E-state index < -0.39 is 16.7 Å². The van der Waals surface area contributed by atoms with Crippen LogP contribution in [0.2, 0.25) is 0 Å². The van der Waals surface area contributed by atoms with Gasteiger partial charge in [0, 0.05) is 11.8 Å². The molecule has 1 saturated carbocycles. The fraction of sp³-hybridized carbons (Fsp3) is 0.467. The van der Waals surface area contributed by atoms with Crippen LogP contribution in [-0.2, 0) is 0 Å². The van der Waals surface area contributed by atoms with Crippen LogP contribution in [0.15, 0.2) is 23.8 Å². The van der Waals surface area contributed by atoms with Gasteiger partial charge < -0.3 is 0 Å². The summed E-state index contributed by atoms with van der Waals surface area (Å²) in [6.07, 6.45) is 7.59. The molecule has 0 aromatic heterocycles. The summed E-state index contributed by atoms with van der Waals surface area (Å²) in [7, 11) is 0. The Morgan fingerprint density at radius 3 is 2.16 bits per heavy atom. The largest absolute Gasteiger partial charge is 0.196 e. The average molecular weight is 246 g/mol. The second-order valence-corrected chi connectivity index (χ2v) is 5.34. The average Bonchev–Trinajstić information content (AvgIpc) is 2.96. The van der Waals surface area contributed by atoms with E-state index >= 15 is 0 Å². The van der Waals surface area contributed by atoms with E-state index in [1.54, 1.807) is 0 Å². The van der Waals surface area contributed by atoms with E-state index in [9.17, 15) is 21.0 Å². The Hall–Kier alpha value is -2.56. The first-order chi connectivity index (χ1) is 9.20. The molecule has 4 heteroatoms. The number of hydrogen-bond acceptors (Lipinski definition) is 4. The van der Waals surface area contributed by atoms with Crippen LogP contribution < -0.4 is 0 Å². The zero-order chi connectivity index (χ0) is 13.7. The van der Waals surface area contributed by atoms with Gasteiger partial charge in [0.05, 0.1) is 24.3 Å². The lowest BCUT2D eigenvalue weighted by molar-refractivity contribution is 0.0908. The van der Waals surface area contributed by atoms with Gasteiger partial charge in [-0.15, -0.1) is 0 Å². The van der Waals surface area contributed by atoms with Crippen molar-refractivity contribution in [3.63, 3.8) is 0 Å². The number of nitrogens with zero attached hydrogens (tertiary/aromatic N) is 4. The third-order valence-electron chi connectivity index (χ3n) is 4.88. The minimum absolute atomic E-state index is 0.143. The van der Waals surface area contributed by atoms with E-state index in [0.29, 0.717) is 0 Å².